The van der Waals surface area contributed by atoms with Crippen molar-refractivity contribution in [3.8, 4) is 0 Å². The average molecular weight is 336 g/mol. The number of sulfone groups is 1. The molecule has 22 heavy (non-hydrogen) atoms. The molecule has 0 aliphatic heterocycles. The highest BCUT2D eigenvalue weighted by molar-refractivity contribution is 7.90. The van der Waals surface area contributed by atoms with Gasteiger partial charge in [0.2, 0.25) is 0 Å². The van der Waals surface area contributed by atoms with Gasteiger partial charge in [0, 0.05) is 0 Å². The third-order valence-corrected chi connectivity index (χ3v) is 5.66. The van der Waals surface area contributed by atoms with Gasteiger partial charge in [-0.2, -0.15) is 13.2 Å². The van der Waals surface area contributed by atoms with Crippen molar-refractivity contribution >= 4 is 9.84 Å². The molecule has 0 spiro atoms. The minimum Gasteiger partial charge on any atom is -0.389 e. The normalized spacial score (nSPS) is 19.1. The molecule has 124 valence electrons. The molecule has 1 aliphatic rings. The van der Waals surface area contributed by atoms with E-state index in [0.717, 1.165) is 31.4 Å². The summed E-state index contributed by atoms with van der Waals surface area (Å²) in [5, 5.41) is 10.3. The van der Waals surface area contributed by atoms with E-state index in [1.807, 2.05) is 0 Å². The van der Waals surface area contributed by atoms with Gasteiger partial charge in [0.15, 0.2) is 9.84 Å². The van der Waals surface area contributed by atoms with E-state index in [2.05, 4.69) is 0 Å². The maximum absolute atomic E-state index is 12.6. The van der Waals surface area contributed by atoms with Crippen LogP contribution in [0.25, 0.3) is 0 Å². The van der Waals surface area contributed by atoms with Gasteiger partial charge in [0.05, 0.1) is 22.7 Å². The topological polar surface area (TPSA) is 54.4 Å². The molecule has 1 saturated carbocycles. The fourth-order valence-corrected chi connectivity index (χ4v) is 4.80. The van der Waals surface area contributed by atoms with Crippen LogP contribution in [0.5, 0.6) is 0 Å². The highest BCUT2D eigenvalue weighted by Crippen LogP contribution is 2.32. The number of alkyl halides is 3. The van der Waals surface area contributed by atoms with Crippen molar-refractivity contribution in [2.24, 2.45) is 0 Å². The van der Waals surface area contributed by atoms with Crippen molar-refractivity contribution in [1.29, 1.82) is 0 Å². The molecule has 0 atom stereocenters. The van der Waals surface area contributed by atoms with Crippen LogP contribution in [0.1, 0.15) is 43.2 Å². The first-order valence-electron chi connectivity index (χ1n) is 7.19. The van der Waals surface area contributed by atoms with Gasteiger partial charge >= 0.3 is 6.18 Å². The minimum atomic E-state index is -4.50. The van der Waals surface area contributed by atoms with Crippen LogP contribution in [0.3, 0.4) is 0 Å². The van der Waals surface area contributed by atoms with Crippen LogP contribution in [0, 0.1) is 0 Å². The van der Waals surface area contributed by atoms with E-state index in [0.29, 0.717) is 12.8 Å². The zero-order valence-corrected chi connectivity index (χ0v) is 12.9. The lowest BCUT2D eigenvalue weighted by Crippen LogP contribution is -2.39. The Kier molecular flexibility index (Phi) is 4.87. The second-order valence-electron chi connectivity index (χ2n) is 6.02. The number of aliphatic hydroxyl groups is 1. The molecule has 7 heteroatoms. The summed E-state index contributed by atoms with van der Waals surface area (Å²) < 4.78 is 62.3. The van der Waals surface area contributed by atoms with E-state index >= 15 is 0 Å². The van der Waals surface area contributed by atoms with Crippen LogP contribution >= 0.6 is 0 Å². The van der Waals surface area contributed by atoms with E-state index in [-0.39, 0.29) is 5.56 Å². The Bertz CT molecular complexity index is 617. The number of hydrogen-bond acceptors (Lipinski definition) is 3. The quantitative estimate of drug-likeness (QED) is 0.918. The highest BCUT2D eigenvalue weighted by atomic mass is 32.2. The summed E-state index contributed by atoms with van der Waals surface area (Å²) in [5.74, 6) is -0.879. The summed E-state index contributed by atoms with van der Waals surface area (Å²) >= 11 is 0. The van der Waals surface area contributed by atoms with Crippen LogP contribution in [0.4, 0.5) is 13.2 Å². The lowest BCUT2D eigenvalue weighted by atomic mass is 9.86. The average Bonchev–Trinajstić information content (AvgIpc) is 2.36. The van der Waals surface area contributed by atoms with Crippen molar-refractivity contribution in [2.45, 2.75) is 49.6 Å². The van der Waals surface area contributed by atoms with E-state index in [1.165, 1.54) is 12.1 Å². The molecule has 0 aromatic heterocycles. The van der Waals surface area contributed by atoms with Gasteiger partial charge in [-0.25, -0.2) is 8.42 Å². The second kappa shape index (κ2) is 6.20. The zero-order chi connectivity index (χ0) is 16.4. The molecule has 3 nitrogen and oxygen atoms in total. The maximum atomic E-state index is 12.6. The van der Waals surface area contributed by atoms with E-state index in [9.17, 15) is 26.7 Å². The highest BCUT2D eigenvalue weighted by Gasteiger charge is 2.35. The Hall–Kier alpha value is -1.08. The summed E-state index contributed by atoms with van der Waals surface area (Å²) in [6.07, 6.45) is -1.13. The predicted octanol–water partition coefficient (Wildman–Crippen LogP) is 3.32. The van der Waals surface area contributed by atoms with Crippen molar-refractivity contribution in [2.75, 3.05) is 5.75 Å². The van der Waals surface area contributed by atoms with Gasteiger partial charge in [-0.15, -0.1) is 0 Å². The van der Waals surface area contributed by atoms with Crippen LogP contribution < -0.4 is 0 Å². The molecule has 1 aromatic rings. The lowest BCUT2D eigenvalue weighted by molar-refractivity contribution is -0.137. The fraction of sp³-hybridized carbons (Fsp3) is 0.600. The number of rotatable bonds is 4. The van der Waals surface area contributed by atoms with Crippen molar-refractivity contribution in [3.63, 3.8) is 0 Å². The zero-order valence-electron chi connectivity index (χ0n) is 12.1. The summed E-state index contributed by atoms with van der Waals surface area (Å²) in [6, 6.07) is 4.31. The Morgan fingerprint density at radius 2 is 1.77 bits per heavy atom. The first-order valence-corrected chi connectivity index (χ1v) is 9.01. The Balaban J connectivity index is 2.12. The lowest BCUT2D eigenvalue weighted by Gasteiger charge is -2.31. The SMILES string of the molecule is O=S(=O)(Cc1cccc(C(F)(F)F)c1)CC1(O)CCCCC1. The first kappa shape index (κ1) is 17.3. The Morgan fingerprint density at radius 3 is 2.36 bits per heavy atom. The van der Waals surface area contributed by atoms with Gasteiger partial charge in [-0.1, -0.05) is 37.5 Å². The molecule has 0 saturated heterocycles. The third-order valence-electron chi connectivity index (χ3n) is 3.91. The van der Waals surface area contributed by atoms with Crippen LogP contribution in [-0.2, 0) is 21.8 Å². The third kappa shape index (κ3) is 4.71. The molecular formula is C15H19F3O3S. The molecule has 0 bridgehead atoms. The van der Waals surface area contributed by atoms with E-state index in [4.69, 9.17) is 0 Å². The minimum absolute atomic E-state index is 0.0919. The number of benzene rings is 1. The Labute approximate surface area is 128 Å². The van der Waals surface area contributed by atoms with Gasteiger partial charge in [0.1, 0.15) is 0 Å². The smallest absolute Gasteiger partial charge is 0.389 e. The molecule has 0 heterocycles. The van der Waals surface area contributed by atoms with Crippen molar-refractivity contribution in [1.82, 2.24) is 0 Å². The molecule has 1 fully saturated rings. The molecule has 1 aromatic carbocycles. The maximum Gasteiger partial charge on any atom is 0.416 e. The van der Waals surface area contributed by atoms with E-state index < -0.39 is 38.7 Å². The summed E-state index contributed by atoms with van der Waals surface area (Å²) in [5.41, 5.74) is -2.01. The predicted molar refractivity (Wildman–Crippen MR) is 77.0 cm³/mol. The molecule has 0 radical (unpaired) electrons. The van der Waals surface area contributed by atoms with Crippen LogP contribution in [-0.4, -0.2) is 24.9 Å². The standard InChI is InChI=1S/C15H19F3O3S/c16-15(17,18)13-6-4-5-12(9-13)10-22(20,21)11-14(19)7-2-1-3-8-14/h4-6,9,19H,1-3,7-8,10-11H2. The Morgan fingerprint density at radius 1 is 1.14 bits per heavy atom. The van der Waals surface area contributed by atoms with E-state index in [1.54, 1.807) is 0 Å². The summed E-state index contributed by atoms with van der Waals surface area (Å²) in [4.78, 5) is 0. The van der Waals surface area contributed by atoms with Crippen LogP contribution in [0.2, 0.25) is 0 Å². The molecule has 1 N–H and O–H groups in total. The first-order chi connectivity index (χ1) is 10.1. The van der Waals surface area contributed by atoms with Gasteiger partial charge < -0.3 is 5.11 Å². The largest absolute Gasteiger partial charge is 0.416 e. The molecular weight excluding hydrogens is 317 g/mol. The number of halogens is 3. The second-order valence-corrected chi connectivity index (χ2v) is 8.08. The van der Waals surface area contributed by atoms with Gasteiger partial charge in [-0.3, -0.25) is 0 Å². The number of hydrogen-bond donors (Lipinski definition) is 1. The molecule has 1 aliphatic carbocycles. The van der Waals surface area contributed by atoms with Crippen molar-refractivity contribution in [3.05, 3.63) is 35.4 Å². The molecule has 0 amide bonds. The monoisotopic (exact) mass is 336 g/mol. The van der Waals surface area contributed by atoms with Gasteiger partial charge in [0.25, 0.3) is 0 Å². The van der Waals surface area contributed by atoms with Gasteiger partial charge in [-0.05, 0) is 24.5 Å². The van der Waals surface area contributed by atoms with Crippen LogP contribution in [0.15, 0.2) is 24.3 Å². The fourth-order valence-electron chi connectivity index (χ4n) is 2.91. The molecule has 0 unspecified atom stereocenters. The molecule has 2 rings (SSSR count). The summed E-state index contributed by atoms with van der Waals surface area (Å²) in [6.45, 7) is 0. The summed E-state index contributed by atoms with van der Waals surface area (Å²) in [7, 11) is -3.67. The van der Waals surface area contributed by atoms with Crippen molar-refractivity contribution < 1.29 is 26.7 Å².